The van der Waals surface area contributed by atoms with Crippen molar-refractivity contribution in [2.24, 2.45) is 0 Å². The van der Waals surface area contributed by atoms with E-state index in [0.717, 1.165) is 22.4 Å². The van der Waals surface area contributed by atoms with Gasteiger partial charge in [0.25, 0.3) is 0 Å². The van der Waals surface area contributed by atoms with Crippen LogP contribution in [0.4, 0.5) is 0 Å². The maximum Gasteiger partial charge on any atom is 0.124 e. The molecule has 0 N–H and O–H groups in total. The van der Waals surface area contributed by atoms with Gasteiger partial charge in [-0.2, -0.15) is 0 Å². The molecule has 0 aliphatic carbocycles. The summed E-state index contributed by atoms with van der Waals surface area (Å²) in [7, 11) is 0. The highest BCUT2D eigenvalue weighted by atomic mass is 35.5. The summed E-state index contributed by atoms with van der Waals surface area (Å²) in [5.74, 6) is 0. The molecule has 0 atom stereocenters. The first kappa shape index (κ1) is 8.28. The smallest absolute Gasteiger partial charge is 0.124 e. The molecule has 58 valence electrons. The van der Waals surface area contributed by atoms with Crippen molar-refractivity contribution in [1.29, 1.82) is 0 Å². The molecule has 0 saturated carbocycles. The number of aryl methyl sites for hydroxylation is 1. The monoisotopic (exact) mass is 168 g/mol. The molecule has 0 radical (unpaired) electrons. The van der Waals surface area contributed by atoms with Gasteiger partial charge in [0.2, 0.25) is 0 Å². The van der Waals surface area contributed by atoms with Crippen molar-refractivity contribution >= 4 is 17.9 Å². The van der Waals surface area contributed by atoms with Crippen LogP contribution in [0, 0.1) is 6.92 Å². The molecular weight excluding hydrogens is 160 g/mol. The Hall–Kier alpha value is -0.820. The van der Waals surface area contributed by atoms with Crippen molar-refractivity contribution in [2.75, 3.05) is 0 Å². The Kier molecular flexibility index (Phi) is 2.66. The highest BCUT2D eigenvalue weighted by Gasteiger charge is 1.95. The topological polar surface area (TPSA) is 17.1 Å². The highest BCUT2D eigenvalue weighted by molar-refractivity contribution is 6.31. The third-order valence-corrected chi connectivity index (χ3v) is 1.97. The predicted molar refractivity (Wildman–Crippen MR) is 46.0 cm³/mol. The summed E-state index contributed by atoms with van der Waals surface area (Å²) < 4.78 is 0. The van der Waals surface area contributed by atoms with E-state index >= 15 is 0 Å². The number of aldehydes is 1. The van der Waals surface area contributed by atoms with Gasteiger partial charge in [-0.25, -0.2) is 0 Å². The van der Waals surface area contributed by atoms with Crippen molar-refractivity contribution in [2.45, 2.75) is 13.3 Å². The number of hydrogen-bond donors (Lipinski definition) is 0. The van der Waals surface area contributed by atoms with Crippen molar-refractivity contribution in [3.05, 3.63) is 34.3 Å². The van der Waals surface area contributed by atoms with E-state index < -0.39 is 0 Å². The van der Waals surface area contributed by atoms with E-state index in [0.29, 0.717) is 6.42 Å². The van der Waals surface area contributed by atoms with E-state index in [2.05, 4.69) is 0 Å². The molecule has 0 saturated heterocycles. The number of benzene rings is 1. The fraction of sp³-hybridized carbons (Fsp3) is 0.222. The first-order valence-electron chi connectivity index (χ1n) is 3.42. The molecule has 0 bridgehead atoms. The lowest BCUT2D eigenvalue weighted by Crippen LogP contribution is -1.86. The summed E-state index contributed by atoms with van der Waals surface area (Å²) in [5, 5.41) is 0.750. The van der Waals surface area contributed by atoms with Gasteiger partial charge in [-0.15, -0.1) is 0 Å². The Morgan fingerprint density at radius 2 is 2.27 bits per heavy atom. The molecule has 0 fully saturated rings. The first-order chi connectivity index (χ1) is 5.24. The largest absolute Gasteiger partial charge is 0.303 e. The molecule has 2 heteroatoms. The Morgan fingerprint density at radius 1 is 1.55 bits per heavy atom. The second-order valence-corrected chi connectivity index (χ2v) is 2.86. The summed E-state index contributed by atoms with van der Waals surface area (Å²) >= 11 is 5.79. The standard InChI is InChI=1S/C9H9ClO/c1-7-6-8(4-5-11)2-3-9(7)10/h2-3,5-6H,4H2,1H3. The van der Waals surface area contributed by atoms with Crippen LogP contribution in [0.3, 0.4) is 0 Å². The Morgan fingerprint density at radius 3 is 2.82 bits per heavy atom. The first-order valence-corrected chi connectivity index (χ1v) is 3.80. The Labute approximate surface area is 71.0 Å². The van der Waals surface area contributed by atoms with Crippen molar-refractivity contribution < 1.29 is 4.79 Å². The number of halogens is 1. The minimum absolute atomic E-state index is 0.470. The summed E-state index contributed by atoms with van der Waals surface area (Å²) in [4.78, 5) is 10.1. The van der Waals surface area contributed by atoms with E-state index in [1.807, 2.05) is 25.1 Å². The van der Waals surface area contributed by atoms with Crippen LogP contribution in [0.2, 0.25) is 5.02 Å². The zero-order valence-electron chi connectivity index (χ0n) is 6.30. The van der Waals surface area contributed by atoms with Crippen LogP contribution >= 0.6 is 11.6 Å². The quantitative estimate of drug-likeness (QED) is 0.620. The molecule has 1 aromatic carbocycles. The number of carbonyl (C=O) groups is 1. The van der Waals surface area contributed by atoms with E-state index in [1.54, 1.807) is 0 Å². The predicted octanol–water partition coefficient (Wildman–Crippen LogP) is 2.39. The summed E-state index contributed by atoms with van der Waals surface area (Å²) in [5.41, 5.74) is 2.04. The average molecular weight is 169 g/mol. The van der Waals surface area contributed by atoms with Crippen LogP contribution in [0.25, 0.3) is 0 Å². The van der Waals surface area contributed by atoms with Crippen molar-refractivity contribution in [3.8, 4) is 0 Å². The van der Waals surface area contributed by atoms with Crippen LogP contribution in [-0.4, -0.2) is 6.29 Å². The maximum atomic E-state index is 10.1. The lowest BCUT2D eigenvalue weighted by Gasteiger charge is -1.99. The van der Waals surface area contributed by atoms with Gasteiger partial charge in [0.05, 0.1) is 0 Å². The fourth-order valence-corrected chi connectivity index (χ4v) is 1.05. The fourth-order valence-electron chi connectivity index (χ4n) is 0.930. The molecule has 0 aliphatic heterocycles. The van der Waals surface area contributed by atoms with Crippen molar-refractivity contribution in [3.63, 3.8) is 0 Å². The molecule has 11 heavy (non-hydrogen) atoms. The molecule has 0 spiro atoms. The second kappa shape index (κ2) is 3.54. The zero-order valence-corrected chi connectivity index (χ0v) is 7.06. The summed E-state index contributed by atoms with van der Waals surface area (Å²) in [6, 6.07) is 5.61. The lowest BCUT2D eigenvalue weighted by atomic mass is 10.1. The molecule has 0 amide bonds. The van der Waals surface area contributed by atoms with Gasteiger partial charge in [0, 0.05) is 11.4 Å². The van der Waals surface area contributed by atoms with Crippen LogP contribution in [0.1, 0.15) is 11.1 Å². The van der Waals surface area contributed by atoms with E-state index in [-0.39, 0.29) is 0 Å². The van der Waals surface area contributed by atoms with Gasteiger partial charge in [0.1, 0.15) is 6.29 Å². The molecule has 0 aliphatic rings. The normalized spacial score (nSPS) is 9.64. The third-order valence-electron chi connectivity index (χ3n) is 1.54. The van der Waals surface area contributed by atoms with E-state index in [4.69, 9.17) is 11.6 Å². The minimum atomic E-state index is 0.470. The SMILES string of the molecule is Cc1cc(CC=O)ccc1Cl. The Balaban J connectivity index is 2.95. The molecular formula is C9H9ClO. The molecule has 0 aromatic heterocycles. The lowest BCUT2D eigenvalue weighted by molar-refractivity contribution is -0.107. The van der Waals surface area contributed by atoms with Crippen LogP contribution in [0.15, 0.2) is 18.2 Å². The van der Waals surface area contributed by atoms with Crippen molar-refractivity contribution in [1.82, 2.24) is 0 Å². The number of carbonyl (C=O) groups excluding carboxylic acids is 1. The maximum absolute atomic E-state index is 10.1. The molecule has 1 aromatic rings. The van der Waals surface area contributed by atoms with Crippen LogP contribution in [-0.2, 0) is 11.2 Å². The van der Waals surface area contributed by atoms with Gasteiger partial charge in [-0.1, -0.05) is 23.7 Å². The molecule has 1 rings (SSSR count). The van der Waals surface area contributed by atoms with E-state index in [9.17, 15) is 4.79 Å². The van der Waals surface area contributed by atoms with Gasteiger partial charge < -0.3 is 4.79 Å². The summed E-state index contributed by atoms with van der Waals surface area (Å²) in [6.07, 6.45) is 1.36. The second-order valence-electron chi connectivity index (χ2n) is 2.45. The van der Waals surface area contributed by atoms with Gasteiger partial charge in [-0.05, 0) is 24.1 Å². The molecule has 0 heterocycles. The highest BCUT2D eigenvalue weighted by Crippen LogP contribution is 2.15. The van der Waals surface area contributed by atoms with Gasteiger partial charge in [0.15, 0.2) is 0 Å². The van der Waals surface area contributed by atoms with Gasteiger partial charge >= 0.3 is 0 Å². The number of hydrogen-bond acceptors (Lipinski definition) is 1. The molecule has 1 nitrogen and oxygen atoms in total. The molecule has 0 unspecified atom stereocenters. The minimum Gasteiger partial charge on any atom is -0.303 e. The Bertz CT molecular complexity index is 268. The van der Waals surface area contributed by atoms with Crippen LogP contribution in [0.5, 0.6) is 0 Å². The van der Waals surface area contributed by atoms with Gasteiger partial charge in [-0.3, -0.25) is 0 Å². The van der Waals surface area contributed by atoms with E-state index in [1.165, 1.54) is 0 Å². The van der Waals surface area contributed by atoms with Crippen LogP contribution < -0.4 is 0 Å². The third kappa shape index (κ3) is 2.05. The summed E-state index contributed by atoms with van der Waals surface area (Å²) in [6.45, 7) is 1.93. The zero-order chi connectivity index (χ0) is 8.27. The number of rotatable bonds is 2. The average Bonchev–Trinajstić information content (AvgIpc) is 1.98.